The van der Waals surface area contributed by atoms with Crippen LogP contribution in [0.1, 0.15) is 419 Å². The Balaban J connectivity index is 3.85. The average Bonchev–Trinajstić information content (AvgIpc) is 3.47. The van der Waals surface area contributed by atoms with Crippen LogP contribution in [0.25, 0.3) is 0 Å². The molecule has 0 rings (SSSR count). The molecule has 0 aliphatic heterocycles. The second-order valence-corrected chi connectivity index (χ2v) is 25.2. The summed E-state index contributed by atoms with van der Waals surface area (Å²) in [5.41, 5.74) is 0. The van der Waals surface area contributed by atoms with Gasteiger partial charge in [-0.3, -0.25) is 14.4 Å². The van der Waals surface area contributed by atoms with E-state index in [-0.39, 0.29) is 31.1 Å². The zero-order chi connectivity index (χ0) is 58.5. The minimum absolute atomic E-state index is 0.0642. The van der Waals surface area contributed by atoms with Crippen molar-refractivity contribution >= 4 is 17.9 Å². The van der Waals surface area contributed by atoms with Crippen LogP contribution in [0.4, 0.5) is 0 Å². The molecule has 0 saturated heterocycles. The number of hydrogen-bond donors (Lipinski definition) is 0. The van der Waals surface area contributed by atoms with Crippen molar-refractivity contribution in [2.45, 2.75) is 425 Å². The topological polar surface area (TPSA) is 78.9 Å². The van der Waals surface area contributed by atoms with Crippen LogP contribution < -0.4 is 0 Å². The zero-order valence-electron chi connectivity index (χ0n) is 55.1. The van der Waals surface area contributed by atoms with Crippen molar-refractivity contribution in [3.63, 3.8) is 0 Å². The van der Waals surface area contributed by atoms with Crippen molar-refractivity contribution in [3.05, 3.63) is 24.3 Å². The fraction of sp³-hybridized carbons (Fsp3) is 0.907. The molecule has 1 unspecified atom stereocenters. The van der Waals surface area contributed by atoms with Crippen LogP contribution in [0, 0.1) is 0 Å². The first kappa shape index (κ1) is 78.9. The number of carbonyl (C=O) groups is 3. The minimum Gasteiger partial charge on any atom is -0.462 e. The van der Waals surface area contributed by atoms with Crippen LogP contribution in [0.2, 0.25) is 0 Å². The second-order valence-electron chi connectivity index (χ2n) is 25.2. The standard InChI is InChI=1S/C75H142O6/c1-4-7-10-13-15-17-19-21-23-25-27-29-31-32-33-34-35-36-37-38-39-40-41-42-44-45-47-49-51-53-55-57-59-62-65-68-74(77)80-71-72(70-79-73(76)67-64-61-12-9-6-3)81-75(78)69-66-63-60-58-56-54-52-50-48-46-43-30-28-26-24-22-20-18-16-14-11-8-5-2/h19,21,25,27,72H,4-18,20,22-24,26,28-71H2,1-3H3/b21-19-,27-25-. The van der Waals surface area contributed by atoms with E-state index in [1.807, 2.05) is 0 Å². The van der Waals surface area contributed by atoms with Gasteiger partial charge in [0.15, 0.2) is 6.10 Å². The number of unbranched alkanes of at least 4 members (excludes halogenated alkanes) is 54. The van der Waals surface area contributed by atoms with Crippen LogP contribution in [0.3, 0.4) is 0 Å². The van der Waals surface area contributed by atoms with E-state index in [4.69, 9.17) is 14.2 Å². The van der Waals surface area contributed by atoms with Crippen molar-refractivity contribution in [1.29, 1.82) is 0 Å². The van der Waals surface area contributed by atoms with Crippen LogP contribution in [-0.4, -0.2) is 37.2 Å². The van der Waals surface area contributed by atoms with E-state index in [9.17, 15) is 14.4 Å². The lowest BCUT2D eigenvalue weighted by molar-refractivity contribution is -0.167. The fourth-order valence-corrected chi connectivity index (χ4v) is 11.4. The summed E-state index contributed by atoms with van der Waals surface area (Å²) in [6.45, 7) is 6.63. The molecule has 6 nitrogen and oxygen atoms in total. The summed E-state index contributed by atoms with van der Waals surface area (Å²) in [5.74, 6) is -0.847. The van der Waals surface area contributed by atoms with E-state index in [0.29, 0.717) is 19.3 Å². The molecule has 0 aromatic heterocycles. The van der Waals surface area contributed by atoms with Gasteiger partial charge in [0.2, 0.25) is 0 Å². The maximum Gasteiger partial charge on any atom is 0.306 e. The molecule has 0 heterocycles. The predicted octanol–water partition coefficient (Wildman–Crippen LogP) is 25.3. The number of carbonyl (C=O) groups excluding carboxylic acids is 3. The Labute approximate surface area is 506 Å². The highest BCUT2D eigenvalue weighted by Crippen LogP contribution is 2.19. The predicted molar refractivity (Wildman–Crippen MR) is 353 cm³/mol. The van der Waals surface area contributed by atoms with Gasteiger partial charge in [0.25, 0.3) is 0 Å². The second kappa shape index (κ2) is 70.4. The molecular formula is C75H142O6. The van der Waals surface area contributed by atoms with Crippen molar-refractivity contribution in [3.8, 4) is 0 Å². The Bertz CT molecular complexity index is 1310. The van der Waals surface area contributed by atoms with E-state index in [0.717, 1.165) is 70.6 Å². The summed E-state index contributed by atoms with van der Waals surface area (Å²) in [7, 11) is 0. The van der Waals surface area contributed by atoms with Gasteiger partial charge in [-0.2, -0.15) is 0 Å². The first-order valence-corrected chi connectivity index (χ1v) is 36.8. The van der Waals surface area contributed by atoms with Gasteiger partial charge in [0, 0.05) is 19.3 Å². The Morgan fingerprint density at radius 1 is 0.247 bits per heavy atom. The number of rotatable bonds is 69. The maximum absolute atomic E-state index is 12.9. The van der Waals surface area contributed by atoms with Crippen LogP contribution in [0.5, 0.6) is 0 Å². The Morgan fingerprint density at radius 2 is 0.444 bits per heavy atom. The van der Waals surface area contributed by atoms with Crippen LogP contribution >= 0.6 is 0 Å². The molecule has 0 aliphatic rings. The van der Waals surface area contributed by atoms with Gasteiger partial charge in [-0.15, -0.1) is 0 Å². The molecule has 0 saturated carbocycles. The van der Waals surface area contributed by atoms with E-state index < -0.39 is 6.10 Å². The first-order chi connectivity index (χ1) is 40.0. The SMILES string of the molecule is CCCCCCC/C=C\C/C=C\CCCCCCCCCCCCCCCCCCCCCCCCCC(=O)OCC(COC(=O)CCCCCCC)OC(=O)CCCCCCCCCCCCCCCCCCCCCCCCC. The van der Waals surface area contributed by atoms with E-state index in [1.165, 1.54) is 308 Å². The van der Waals surface area contributed by atoms with Gasteiger partial charge in [-0.25, -0.2) is 0 Å². The number of allylic oxidation sites excluding steroid dienone is 4. The molecule has 0 N–H and O–H groups in total. The largest absolute Gasteiger partial charge is 0.462 e. The van der Waals surface area contributed by atoms with Gasteiger partial charge < -0.3 is 14.2 Å². The number of ether oxygens (including phenoxy) is 3. The molecule has 0 spiro atoms. The molecule has 0 bridgehead atoms. The maximum atomic E-state index is 12.9. The Kier molecular flexibility index (Phi) is 68.5. The Hall–Kier alpha value is -2.11. The molecule has 0 fully saturated rings. The highest BCUT2D eigenvalue weighted by Gasteiger charge is 2.19. The summed E-state index contributed by atoms with van der Waals surface area (Å²) in [6, 6.07) is 0. The van der Waals surface area contributed by atoms with E-state index in [1.54, 1.807) is 0 Å². The summed E-state index contributed by atoms with van der Waals surface area (Å²) < 4.78 is 16.8. The van der Waals surface area contributed by atoms with Crippen LogP contribution in [0.15, 0.2) is 24.3 Å². The number of esters is 3. The monoisotopic (exact) mass is 1140 g/mol. The fourth-order valence-electron chi connectivity index (χ4n) is 11.4. The highest BCUT2D eigenvalue weighted by atomic mass is 16.6. The lowest BCUT2D eigenvalue weighted by Crippen LogP contribution is -2.30. The summed E-state index contributed by atoms with van der Waals surface area (Å²) in [6.07, 6.45) is 87.2. The van der Waals surface area contributed by atoms with Gasteiger partial charge >= 0.3 is 17.9 Å². The van der Waals surface area contributed by atoms with Gasteiger partial charge in [-0.05, 0) is 51.4 Å². The molecule has 0 aromatic rings. The molecular weight excluding hydrogens is 997 g/mol. The molecule has 0 aliphatic carbocycles. The van der Waals surface area contributed by atoms with Crippen molar-refractivity contribution in [2.24, 2.45) is 0 Å². The molecule has 81 heavy (non-hydrogen) atoms. The third-order valence-corrected chi connectivity index (χ3v) is 17.0. The van der Waals surface area contributed by atoms with Crippen molar-refractivity contribution < 1.29 is 28.6 Å². The van der Waals surface area contributed by atoms with E-state index >= 15 is 0 Å². The van der Waals surface area contributed by atoms with Crippen LogP contribution in [-0.2, 0) is 28.6 Å². The number of hydrogen-bond acceptors (Lipinski definition) is 6. The highest BCUT2D eigenvalue weighted by molar-refractivity contribution is 5.71. The molecule has 6 heteroatoms. The third-order valence-electron chi connectivity index (χ3n) is 17.0. The lowest BCUT2D eigenvalue weighted by atomic mass is 10.0. The normalized spacial score (nSPS) is 12.1. The zero-order valence-corrected chi connectivity index (χ0v) is 55.1. The van der Waals surface area contributed by atoms with Gasteiger partial charge in [-0.1, -0.05) is 373 Å². The Morgan fingerprint density at radius 3 is 0.679 bits per heavy atom. The summed E-state index contributed by atoms with van der Waals surface area (Å²) in [4.78, 5) is 38.0. The van der Waals surface area contributed by atoms with Gasteiger partial charge in [0.1, 0.15) is 13.2 Å². The molecule has 0 radical (unpaired) electrons. The van der Waals surface area contributed by atoms with Crippen molar-refractivity contribution in [1.82, 2.24) is 0 Å². The molecule has 0 aromatic carbocycles. The minimum atomic E-state index is -0.763. The summed E-state index contributed by atoms with van der Waals surface area (Å²) >= 11 is 0. The molecule has 0 amide bonds. The third kappa shape index (κ3) is 68.6. The summed E-state index contributed by atoms with van der Waals surface area (Å²) in [5, 5.41) is 0. The smallest absolute Gasteiger partial charge is 0.306 e. The van der Waals surface area contributed by atoms with Crippen molar-refractivity contribution in [2.75, 3.05) is 13.2 Å². The average molecular weight is 1140 g/mol. The molecule has 478 valence electrons. The quantitative estimate of drug-likeness (QED) is 0.0261. The van der Waals surface area contributed by atoms with Gasteiger partial charge in [0.05, 0.1) is 0 Å². The first-order valence-electron chi connectivity index (χ1n) is 36.8. The van der Waals surface area contributed by atoms with E-state index in [2.05, 4.69) is 45.1 Å². The lowest BCUT2D eigenvalue weighted by Gasteiger charge is -2.18. The molecule has 1 atom stereocenters.